The first-order chi connectivity index (χ1) is 37.5. The Hall–Kier alpha value is -4.12. The molecule has 3 aliphatic carbocycles. The Kier molecular flexibility index (Phi) is 35.4. The van der Waals surface area contributed by atoms with Crippen LogP contribution in [0.3, 0.4) is 0 Å². The van der Waals surface area contributed by atoms with Crippen LogP contribution in [0.5, 0.6) is 0 Å². The van der Waals surface area contributed by atoms with Crippen LogP contribution in [-0.2, 0) is 79.4 Å². The molecule has 5 aliphatic rings. The molecule has 28 heteroatoms. The number of benzene rings is 2. The first-order valence-corrected chi connectivity index (χ1v) is 31.6. The second kappa shape index (κ2) is 37.1. The number of aromatic nitrogens is 11. The second-order valence-corrected chi connectivity index (χ2v) is 23.3. The number of fused-ring (bicyclic) bond motifs is 19. The molecule has 0 fully saturated rings. The number of rotatable bonds is 14. The number of para-hydroxylation sites is 1. The van der Waals surface area contributed by atoms with Gasteiger partial charge in [0.15, 0.2) is 0 Å². The molecule has 2 aromatic carbocycles. The van der Waals surface area contributed by atoms with E-state index in [1.165, 1.54) is 51.6 Å². The van der Waals surface area contributed by atoms with Gasteiger partial charge in [-0.3, -0.25) is 0 Å². The summed E-state index contributed by atoms with van der Waals surface area (Å²) in [6.07, 6.45) is 16.8. The van der Waals surface area contributed by atoms with E-state index in [0.717, 1.165) is 148 Å². The molecule has 1 radical (unpaired) electrons. The molecule has 2 aliphatic heterocycles. The van der Waals surface area contributed by atoms with Gasteiger partial charge in [0.25, 0.3) is 0 Å². The van der Waals surface area contributed by atoms with Crippen molar-refractivity contribution in [3.8, 4) is 22.8 Å². The van der Waals surface area contributed by atoms with Gasteiger partial charge in [-0.25, -0.2) is 39.9 Å². The Morgan fingerprint density at radius 3 is 1.36 bits per heavy atom. The standard InChI is InChI=1S/C32H28N8.C17H26N6O8S3.2C2H6.5CH4.Cu.2Na/c1-2-10-18-17(9-1)25-33-26(18)38-28-21-13-5-6-14-22(21)30(35-28)40-32-24-16-8-7-15-23(24)31(36-32)39-29-20-12-4-3-11-19(20)27(34-29)37-25;1-32(24,25)19-11-7-3-2-4-10-15-21-16(18-12-33(26,27)28)23-17(22-15)20-13-8-5-6-9-14(13)34(29,30)31;2*1-2;;;;;;;;/h1-2,9-10H,3-8,11-16H2;5-6,8-9,19H,2-4,7,10-12H2,1H3,(H,26,27,28)(H,29,30,31)(H2,18,20,21,22,23);2*1-2H3;5*1H4;;;/q-2;;;;;;;;;+2;2*+1/p-2. The molecule has 6 aromatic rings. The first kappa shape index (κ1) is 81.9. The van der Waals surface area contributed by atoms with Crippen molar-refractivity contribution in [2.45, 2.75) is 179 Å². The molecular formula is C58H84CuN14Na2O8S3. The van der Waals surface area contributed by atoms with Crippen molar-refractivity contribution in [1.82, 2.24) is 59.5 Å². The van der Waals surface area contributed by atoms with E-state index in [4.69, 9.17) is 39.9 Å². The number of hydrogen-bond donors (Lipinski definition) is 3. The number of unbranched alkanes of at least 4 members (excludes halogenated alkanes) is 3. The van der Waals surface area contributed by atoms with E-state index in [0.29, 0.717) is 37.5 Å². The maximum absolute atomic E-state index is 11.5. The van der Waals surface area contributed by atoms with Gasteiger partial charge >= 0.3 is 76.2 Å². The van der Waals surface area contributed by atoms with Crippen LogP contribution in [0.2, 0.25) is 0 Å². The van der Waals surface area contributed by atoms with Crippen molar-refractivity contribution in [2.75, 3.05) is 29.3 Å². The van der Waals surface area contributed by atoms with Gasteiger partial charge in [0.1, 0.15) is 31.9 Å². The normalized spacial score (nSPS) is 13.3. The maximum atomic E-state index is 11.5. The SMILES string of the molecule is C.C.C.C.C.CC.CC.CS(=O)(=O)NCCCCCCc1nc(NCS(=O)(=O)[O-])nc(Nc2ccccc2S(=O)(=O)[O-])n1.[Cu+2].[Na+].[Na+].c1ccc2c(c1)-c1nc-2nc2[n-]c(nc3nc(nc4[n-]c(n1)c1c4CCCC1)C1=C3CCCC1)c1c2CCCC1. The van der Waals surface area contributed by atoms with Crippen LogP contribution < -0.4 is 84.4 Å². The van der Waals surface area contributed by atoms with Gasteiger partial charge in [-0.15, -0.1) is 0 Å². The molecule has 4 aromatic heterocycles. The maximum Gasteiger partial charge on any atom is 2.00 e. The van der Waals surface area contributed by atoms with Crippen molar-refractivity contribution in [3.05, 3.63) is 88.3 Å². The van der Waals surface area contributed by atoms with Crippen LogP contribution in [0.1, 0.15) is 182 Å². The minimum Gasteiger partial charge on any atom is -0.747 e. The fourth-order valence-electron chi connectivity index (χ4n) is 9.87. The minimum atomic E-state index is -4.80. The second-order valence-electron chi connectivity index (χ2n) is 18.7. The molecule has 0 atom stereocenters. The van der Waals surface area contributed by atoms with Gasteiger partial charge < -0.3 is 49.6 Å². The molecule has 0 saturated heterocycles. The summed E-state index contributed by atoms with van der Waals surface area (Å²) < 4.78 is 91.7. The Morgan fingerprint density at radius 2 is 0.907 bits per heavy atom. The largest absolute Gasteiger partial charge is 2.00 e. The zero-order valence-electron chi connectivity index (χ0n) is 46.8. The number of nitrogens with zero attached hydrogens (tertiary/aromatic N) is 11. The van der Waals surface area contributed by atoms with E-state index in [-0.39, 0.29) is 137 Å². The van der Waals surface area contributed by atoms with E-state index in [9.17, 15) is 34.4 Å². The fraction of sp³-hybridized carbons (Fsp3) is 0.500. The summed E-state index contributed by atoms with van der Waals surface area (Å²) in [5.41, 5.74) is 12.2. The van der Waals surface area contributed by atoms with Crippen molar-refractivity contribution in [3.63, 3.8) is 0 Å². The van der Waals surface area contributed by atoms with Crippen LogP contribution >= 0.6 is 0 Å². The molecule has 6 heterocycles. The molecule has 0 amide bonds. The van der Waals surface area contributed by atoms with E-state index >= 15 is 0 Å². The van der Waals surface area contributed by atoms with Gasteiger partial charge in [-0.05, 0) is 135 Å². The molecule has 0 saturated carbocycles. The topological polar surface area (TPSA) is 329 Å². The summed E-state index contributed by atoms with van der Waals surface area (Å²) in [6.45, 7) is 8.32. The fourth-order valence-corrected chi connectivity index (χ4v) is 11.3. The number of hydrogen-bond acceptors (Lipinski definition) is 19. The van der Waals surface area contributed by atoms with Gasteiger partial charge in [-0.2, -0.15) is 15.0 Å². The molecule has 11 rings (SSSR count). The van der Waals surface area contributed by atoms with Crippen molar-refractivity contribution < 1.29 is 111 Å². The molecule has 22 nitrogen and oxygen atoms in total. The summed E-state index contributed by atoms with van der Waals surface area (Å²) in [4.78, 5) is 52.2. The summed E-state index contributed by atoms with van der Waals surface area (Å²) >= 11 is 0. The first-order valence-electron chi connectivity index (χ1n) is 26.7. The average molecular weight is 1310 g/mol. The third kappa shape index (κ3) is 21.0. The summed E-state index contributed by atoms with van der Waals surface area (Å²) in [5.74, 6) is 1.74. The van der Waals surface area contributed by atoms with Gasteiger partial charge in [0.05, 0.1) is 40.1 Å². The van der Waals surface area contributed by atoms with Crippen LogP contribution in [-0.4, -0.2) is 97.9 Å². The van der Waals surface area contributed by atoms with E-state index in [1.807, 2.05) is 39.8 Å². The Labute approximate surface area is 565 Å². The molecule has 0 unspecified atom stereocenters. The Morgan fingerprint density at radius 1 is 0.500 bits per heavy atom. The number of nitrogens with one attached hydrogen (secondary N) is 3. The molecule has 465 valence electrons. The van der Waals surface area contributed by atoms with Gasteiger partial charge in [0.2, 0.25) is 21.9 Å². The minimum absolute atomic E-state index is 0. The number of allylic oxidation sites excluding steroid dienone is 2. The predicted octanol–water partition coefficient (Wildman–Crippen LogP) is 5.05. The third-order valence-electron chi connectivity index (χ3n) is 13.3. The summed E-state index contributed by atoms with van der Waals surface area (Å²) in [7, 11) is -12.7. The van der Waals surface area contributed by atoms with Crippen LogP contribution in [0.4, 0.5) is 17.6 Å². The quantitative estimate of drug-likeness (QED) is 0.0728. The Bertz CT molecular complexity index is 3610. The van der Waals surface area contributed by atoms with E-state index < -0.39 is 41.0 Å². The smallest absolute Gasteiger partial charge is 0.747 e. The summed E-state index contributed by atoms with van der Waals surface area (Å²) in [5, 5.41) is 4.90. The molecule has 8 bridgehead atoms. The zero-order chi connectivity index (χ0) is 55.6. The van der Waals surface area contributed by atoms with Crippen molar-refractivity contribution in [2.24, 2.45) is 0 Å². The third-order valence-corrected chi connectivity index (χ3v) is 15.4. The average Bonchev–Trinajstić information content (AvgIpc) is 1.80. The molecule has 0 spiro atoms. The van der Waals surface area contributed by atoms with E-state index in [1.54, 1.807) is 0 Å². The van der Waals surface area contributed by atoms with Crippen LogP contribution in [0.15, 0.2) is 53.4 Å². The van der Waals surface area contributed by atoms with Crippen LogP contribution in [0, 0.1) is 0 Å². The molecule has 86 heavy (non-hydrogen) atoms. The van der Waals surface area contributed by atoms with Gasteiger partial charge in [0, 0.05) is 46.7 Å². The van der Waals surface area contributed by atoms with Crippen molar-refractivity contribution in [1.29, 1.82) is 0 Å². The number of anilines is 3. The predicted molar refractivity (Wildman–Crippen MR) is 330 cm³/mol. The Balaban J connectivity index is 0.00000148. The summed E-state index contributed by atoms with van der Waals surface area (Å²) in [6, 6.07) is 13.5. The van der Waals surface area contributed by atoms with E-state index in [2.05, 4.69) is 42.4 Å². The number of aryl methyl sites for hydroxylation is 5. The molecule has 3 N–H and O–H groups in total. The zero-order valence-corrected chi connectivity index (χ0v) is 54.2. The molecular weight excluding hydrogens is 1230 g/mol. The monoisotopic (exact) mass is 1310 g/mol. The van der Waals surface area contributed by atoms with Crippen LogP contribution in [0.25, 0.3) is 56.5 Å². The number of sulfonamides is 1. The van der Waals surface area contributed by atoms with Gasteiger partial charge in [-0.1, -0.05) is 114 Å². The van der Waals surface area contributed by atoms with Crippen molar-refractivity contribution >= 4 is 81.6 Å².